The molecular formula is C16H21N5O2. The van der Waals surface area contributed by atoms with E-state index < -0.39 is 11.5 Å². The first-order chi connectivity index (χ1) is 10.8. The molecule has 2 amide bonds. The van der Waals surface area contributed by atoms with Gasteiger partial charge in [-0.3, -0.25) is 9.59 Å². The van der Waals surface area contributed by atoms with Crippen molar-refractivity contribution in [2.24, 2.45) is 5.41 Å². The summed E-state index contributed by atoms with van der Waals surface area (Å²) < 4.78 is 0. The lowest BCUT2D eigenvalue weighted by atomic mass is 9.95. The SMILES string of the molecule is CC(NC(=O)C(C)(C)C)C(=O)Nc1ccc(-n2nccn2)cc1. The van der Waals surface area contributed by atoms with Crippen LogP contribution in [0.15, 0.2) is 36.7 Å². The van der Waals surface area contributed by atoms with Crippen molar-refractivity contribution in [3.05, 3.63) is 36.7 Å². The average molecular weight is 315 g/mol. The molecule has 1 heterocycles. The summed E-state index contributed by atoms with van der Waals surface area (Å²) in [4.78, 5) is 25.5. The second-order valence-electron chi connectivity index (χ2n) is 6.30. The maximum atomic E-state index is 12.1. The number of aromatic nitrogens is 3. The number of rotatable bonds is 4. The number of anilines is 1. The molecule has 0 bridgehead atoms. The van der Waals surface area contributed by atoms with Crippen LogP contribution in [0.1, 0.15) is 27.7 Å². The van der Waals surface area contributed by atoms with Crippen LogP contribution in [-0.2, 0) is 9.59 Å². The number of nitrogens with zero attached hydrogens (tertiary/aromatic N) is 3. The number of benzene rings is 1. The molecule has 2 N–H and O–H groups in total. The summed E-state index contributed by atoms with van der Waals surface area (Å²) >= 11 is 0. The van der Waals surface area contributed by atoms with Crippen molar-refractivity contribution < 1.29 is 9.59 Å². The zero-order valence-corrected chi connectivity index (χ0v) is 13.7. The van der Waals surface area contributed by atoms with Crippen LogP contribution >= 0.6 is 0 Å². The summed E-state index contributed by atoms with van der Waals surface area (Å²) in [6.07, 6.45) is 3.19. The lowest BCUT2D eigenvalue weighted by Gasteiger charge is -2.21. The summed E-state index contributed by atoms with van der Waals surface area (Å²) in [6.45, 7) is 7.06. The number of hydrogen-bond acceptors (Lipinski definition) is 4. The molecule has 0 fully saturated rings. The van der Waals surface area contributed by atoms with Crippen molar-refractivity contribution in [2.45, 2.75) is 33.7 Å². The highest BCUT2D eigenvalue weighted by atomic mass is 16.2. The first-order valence-corrected chi connectivity index (χ1v) is 7.36. The van der Waals surface area contributed by atoms with E-state index in [1.165, 1.54) is 4.80 Å². The Morgan fingerprint density at radius 2 is 1.65 bits per heavy atom. The highest BCUT2D eigenvalue weighted by molar-refractivity contribution is 5.97. The molecule has 0 aliphatic carbocycles. The number of hydrogen-bond donors (Lipinski definition) is 2. The maximum absolute atomic E-state index is 12.1. The molecule has 2 aromatic rings. The number of carbonyl (C=O) groups is 2. The van der Waals surface area contributed by atoms with Crippen molar-refractivity contribution in [1.29, 1.82) is 0 Å². The largest absolute Gasteiger partial charge is 0.344 e. The zero-order valence-electron chi connectivity index (χ0n) is 13.7. The van der Waals surface area contributed by atoms with E-state index in [9.17, 15) is 9.59 Å². The Morgan fingerprint density at radius 3 is 2.17 bits per heavy atom. The van der Waals surface area contributed by atoms with E-state index in [2.05, 4.69) is 20.8 Å². The molecule has 0 saturated carbocycles. The summed E-state index contributed by atoms with van der Waals surface area (Å²) in [7, 11) is 0. The second-order valence-corrected chi connectivity index (χ2v) is 6.30. The van der Waals surface area contributed by atoms with Gasteiger partial charge in [-0.15, -0.1) is 0 Å². The Bertz CT molecular complexity index is 671. The van der Waals surface area contributed by atoms with E-state index in [4.69, 9.17) is 0 Å². The molecule has 2 rings (SSSR count). The first-order valence-electron chi connectivity index (χ1n) is 7.36. The van der Waals surface area contributed by atoms with Gasteiger partial charge in [-0.2, -0.15) is 15.0 Å². The van der Waals surface area contributed by atoms with Gasteiger partial charge >= 0.3 is 0 Å². The fraction of sp³-hybridized carbons (Fsp3) is 0.375. The van der Waals surface area contributed by atoms with Crippen molar-refractivity contribution >= 4 is 17.5 Å². The number of amides is 2. The van der Waals surface area contributed by atoms with Gasteiger partial charge in [-0.05, 0) is 31.2 Å². The van der Waals surface area contributed by atoms with Crippen LogP contribution in [0.3, 0.4) is 0 Å². The molecule has 1 aromatic carbocycles. The van der Waals surface area contributed by atoms with E-state index in [1.54, 1.807) is 64.4 Å². The minimum atomic E-state index is -0.616. The monoisotopic (exact) mass is 315 g/mol. The molecule has 1 unspecified atom stereocenters. The van der Waals surface area contributed by atoms with Gasteiger partial charge in [0.25, 0.3) is 0 Å². The average Bonchev–Trinajstić information content (AvgIpc) is 3.01. The molecule has 7 nitrogen and oxygen atoms in total. The standard InChI is InChI=1S/C16H21N5O2/c1-11(19-15(23)16(2,3)4)14(22)20-12-5-7-13(8-6-12)21-17-9-10-18-21/h5-11H,1-4H3,(H,19,23)(H,20,22). The van der Waals surface area contributed by atoms with Gasteiger partial charge < -0.3 is 10.6 Å². The highest BCUT2D eigenvalue weighted by Gasteiger charge is 2.25. The zero-order chi connectivity index (χ0) is 17.0. The molecule has 0 aliphatic heterocycles. The Balaban J connectivity index is 1.96. The van der Waals surface area contributed by atoms with Crippen LogP contribution in [0.25, 0.3) is 5.69 Å². The molecule has 0 spiro atoms. The van der Waals surface area contributed by atoms with Gasteiger partial charge in [-0.1, -0.05) is 20.8 Å². The third-order valence-electron chi connectivity index (χ3n) is 3.21. The molecular weight excluding hydrogens is 294 g/mol. The number of nitrogens with one attached hydrogen (secondary N) is 2. The lowest BCUT2D eigenvalue weighted by Crippen LogP contribution is -2.46. The third kappa shape index (κ3) is 4.38. The predicted octanol–water partition coefficient (Wildman–Crippen LogP) is 1.76. The fourth-order valence-electron chi connectivity index (χ4n) is 1.76. The maximum Gasteiger partial charge on any atom is 0.246 e. The van der Waals surface area contributed by atoms with Gasteiger partial charge in [0.2, 0.25) is 11.8 Å². The van der Waals surface area contributed by atoms with E-state index in [0.717, 1.165) is 5.69 Å². The summed E-state index contributed by atoms with van der Waals surface area (Å²) in [5, 5.41) is 13.5. The van der Waals surface area contributed by atoms with Crippen LogP contribution in [0, 0.1) is 5.41 Å². The van der Waals surface area contributed by atoms with Gasteiger partial charge in [0.05, 0.1) is 18.1 Å². The van der Waals surface area contributed by atoms with Crippen LogP contribution < -0.4 is 10.6 Å². The molecule has 0 radical (unpaired) electrons. The number of carbonyl (C=O) groups excluding carboxylic acids is 2. The third-order valence-corrected chi connectivity index (χ3v) is 3.21. The second kappa shape index (κ2) is 6.60. The highest BCUT2D eigenvalue weighted by Crippen LogP contribution is 2.14. The molecule has 1 aromatic heterocycles. The van der Waals surface area contributed by atoms with Crippen LogP contribution in [-0.4, -0.2) is 32.9 Å². The van der Waals surface area contributed by atoms with Crippen LogP contribution in [0.4, 0.5) is 5.69 Å². The van der Waals surface area contributed by atoms with Crippen LogP contribution in [0.5, 0.6) is 0 Å². The topological polar surface area (TPSA) is 88.9 Å². The lowest BCUT2D eigenvalue weighted by molar-refractivity contribution is -0.131. The molecule has 0 aliphatic rings. The van der Waals surface area contributed by atoms with Gasteiger partial charge in [0.1, 0.15) is 6.04 Å². The van der Waals surface area contributed by atoms with Crippen molar-refractivity contribution in [2.75, 3.05) is 5.32 Å². The Hall–Kier alpha value is -2.70. The Morgan fingerprint density at radius 1 is 1.09 bits per heavy atom. The minimum Gasteiger partial charge on any atom is -0.344 e. The smallest absolute Gasteiger partial charge is 0.246 e. The fourth-order valence-corrected chi connectivity index (χ4v) is 1.76. The summed E-state index contributed by atoms with van der Waals surface area (Å²) in [5.41, 5.74) is 0.900. The first kappa shape index (κ1) is 16.7. The van der Waals surface area contributed by atoms with Gasteiger partial charge in [0, 0.05) is 11.1 Å². The van der Waals surface area contributed by atoms with Gasteiger partial charge in [0.15, 0.2) is 0 Å². The summed E-state index contributed by atoms with van der Waals surface area (Å²) in [6, 6.07) is 6.50. The quantitative estimate of drug-likeness (QED) is 0.899. The molecule has 23 heavy (non-hydrogen) atoms. The van der Waals surface area contributed by atoms with E-state index in [-0.39, 0.29) is 11.8 Å². The van der Waals surface area contributed by atoms with Crippen molar-refractivity contribution in [3.8, 4) is 5.69 Å². The molecule has 1 atom stereocenters. The molecule has 0 saturated heterocycles. The molecule has 7 heteroatoms. The van der Waals surface area contributed by atoms with E-state index in [1.807, 2.05) is 0 Å². The van der Waals surface area contributed by atoms with Crippen molar-refractivity contribution in [3.63, 3.8) is 0 Å². The normalized spacial score (nSPS) is 12.5. The van der Waals surface area contributed by atoms with Crippen molar-refractivity contribution in [1.82, 2.24) is 20.3 Å². The van der Waals surface area contributed by atoms with Crippen LogP contribution in [0.2, 0.25) is 0 Å². The summed E-state index contributed by atoms with van der Waals surface area (Å²) in [5.74, 6) is -0.437. The minimum absolute atomic E-state index is 0.166. The molecule has 122 valence electrons. The van der Waals surface area contributed by atoms with E-state index in [0.29, 0.717) is 5.69 Å². The predicted molar refractivity (Wildman–Crippen MR) is 87.0 cm³/mol. The van der Waals surface area contributed by atoms with Gasteiger partial charge in [-0.25, -0.2) is 0 Å². The Labute approximate surface area is 135 Å². The van der Waals surface area contributed by atoms with E-state index >= 15 is 0 Å². The Kier molecular flexibility index (Phi) is 4.78.